The highest BCUT2D eigenvalue weighted by molar-refractivity contribution is 5.92. The molecule has 10 unspecified atom stereocenters. The van der Waals surface area contributed by atoms with E-state index < -0.39 is 0 Å². The lowest BCUT2D eigenvalue weighted by Gasteiger charge is -2.60. The van der Waals surface area contributed by atoms with Crippen LogP contribution in [0.4, 0.5) is 0 Å². The average Bonchev–Trinajstić information content (AvgIpc) is 3.43. The van der Waals surface area contributed by atoms with Gasteiger partial charge in [0.1, 0.15) is 6.10 Å². The Morgan fingerprint density at radius 1 is 1.03 bits per heavy atom. The summed E-state index contributed by atoms with van der Waals surface area (Å²) in [6.07, 6.45) is 14.1. The molecule has 1 saturated heterocycles. The van der Waals surface area contributed by atoms with Crippen molar-refractivity contribution in [2.75, 3.05) is 0 Å². The van der Waals surface area contributed by atoms with E-state index in [0.717, 1.165) is 47.6 Å². The van der Waals surface area contributed by atoms with Crippen LogP contribution in [-0.4, -0.2) is 23.1 Å². The monoisotopic (exact) mass is 415 g/mol. The average molecular weight is 416 g/mol. The number of ether oxygens (including phenoxy) is 1. The molecule has 0 spiro atoms. The van der Waals surface area contributed by atoms with Crippen molar-refractivity contribution in [3.05, 3.63) is 0 Å². The molecule has 1 N–H and O–H groups in total. The van der Waals surface area contributed by atoms with Gasteiger partial charge in [0, 0.05) is 5.41 Å². The van der Waals surface area contributed by atoms with Gasteiger partial charge in [0.2, 0.25) is 0 Å². The second-order valence-electron chi connectivity index (χ2n) is 12.8. The van der Waals surface area contributed by atoms with Crippen molar-refractivity contribution in [3.8, 4) is 0 Å². The smallest absolute Gasteiger partial charge is 0.126 e. The van der Waals surface area contributed by atoms with Gasteiger partial charge in [-0.2, -0.15) is 0 Å². The third kappa shape index (κ3) is 3.04. The molecule has 5 aliphatic rings. The number of fused-ring (bicyclic) bond motifs is 7. The van der Waals surface area contributed by atoms with Crippen molar-refractivity contribution >= 4 is 5.71 Å². The van der Waals surface area contributed by atoms with E-state index in [2.05, 4.69) is 39.8 Å². The van der Waals surface area contributed by atoms with Crippen molar-refractivity contribution in [3.63, 3.8) is 0 Å². The zero-order valence-corrected chi connectivity index (χ0v) is 20.1. The molecule has 10 atom stereocenters. The van der Waals surface area contributed by atoms with Crippen molar-refractivity contribution in [2.24, 2.45) is 57.4 Å². The highest BCUT2D eigenvalue weighted by Crippen LogP contribution is 2.70. The van der Waals surface area contributed by atoms with Crippen LogP contribution < -0.4 is 0 Å². The van der Waals surface area contributed by atoms with Gasteiger partial charge < -0.3 is 9.94 Å². The minimum Gasteiger partial charge on any atom is -0.411 e. The fraction of sp³-hybridized carbons (Fsp3) is 0.963. The first kappa shape index (κ1) is 21.3. The SMILES string of the molecule is CC(C)CCCC(C)C1CCC2C3CCC4CC(=NO)C5OC5C4(C)C3CCC12C. The first-order chi connectivity index (χ1) is 14.3. The van der Waals surface area contributed by atoms with Crippen LogP contribution >= 0.6 is 0 Å². The third-order valence-corrected chi connectivity index (χ3v) is 11.2. The number of oxime groups is 1. The molecule has 0 bridgehead atoms. The fourth-order valence-electron chi connectivity index (χ4n) is 9.56. The lowest BCUT2D eigenvalue weighted by molar-refractivity contribution is -0.109. The molecule has 1 heterocycles. The van der Waals surface area contributed by atoms with E-state index in [0.29, 0.717) is 22.9 Å². The molecule has 3 nitrogen and oxygen atoms in total. The van der Waals surface area contributed by atoms with Crippen molar-refractivity contribution in [1.82, 2.24) is 0 Å². The standard InChI is InChI=1S/C27H45NO2/c1-16(2)7-6-8-17(3)20-11-12-21-19-10-9-18-15-23(28-29)24-25(30-24)27(18,5)22(19)13-14-26(20,21)4/h16-22,24-25,29H,6-15H2,1-5H3. The maximum Gasteiger partial charge on any atom is 0.126 e. The molecular weight excluding hydrogens is 370 g/mol. The van der Waals surface area contributed by atoms with Gasteiger partial charge in [0.25, 0.3) is 0 Å². The van der Waals surface area contributed by atoms with Crippen LogP contribution in [-0.2, 0) is 4.74 Å². The summed E-state index contributed by atoms with van der Waals surface area (Å²) in [5, 5.41) is 13.0. The number of hydrogen-bond acceptors (Lipinski definition) is 3. The Morgan fingerprint density at radius 2 is 1.83 bits per heavy atom. The van der Waals surface area contributed by atoms with Crippen LogP contribution in [0.15, 0.2) is 5.16 Å². The van der Waals surface area contributed by atoms with Crippen LogP contribution in [0.1, 0.15) is 98.8 Å². The van der Waals surface area contributed by atoms with Gasteiger partial charge >= 0.3 is 0 Å². The van der Waals surface area contributed by atoms with E-state index in [1.807, 2.05) is 0 Å². The second kappa shape index (κ2) is 7.49. The Bertz CT molecular complexity index is 688. The number of epoxide rings is 1. The molecule has 0 amide bonds. The summed E-state index contributed by atoms with van der Waals surface area (Å²) < 4.78 is 6.17. The Morgan fingerprint density at radius 3 is 2.57 bits per heavy atom. The normalized spacial score (nSPS) is 51.8. The summed E-state index contributed by atoms with van der Waals surface area (Å²) in [6.45, 7) is 12.5. The first-order valence-electron chi connectivity index (χ1n) is 13.2. The summed E-state index contributed by atoms with van der Waals surface area (Å²) in [5.41, 5.74) is 1.81. The summed E-state index contributed by atoms with van der Waals surface area (Å²) in [7, 11) is 0. The van der Waals surface area contributed by atoms with Crippen molar-refractivity contribution < 1.29 is 9.94 Å². The molecule has 3 heteroatoms. The highest BCUT2D eigenvalue weighted by atomic mass is 16.6. The van der Waals surface area contributed by atoms with Crippen LogP contribution in [0, 0.1) is 52.3 Å². The van der Waals surface area contributed by atoms with Gasteiger partial charge in [-0.05, 0) is 91.8 Å². The summed E-state index contributed by atoms with van der Waals surface area (Å²) >= 11 is 0. The minimum absolute atomic E-state index is 0.126. The van der Waals surface area contributed by atoms with E-state index in [4.69, 9.17) is 4.74 Å². The molecule has 30 heavy (non-hydrogen) atoms. The van der Waals surface area contributed by atoms with Crippen molar-refractivity contribution in [2.45, 2.75) is 111 Å². The Hall–Kier alpha value is -0.570. The maximum atomic E-state index is 9.43. The second-order valence-corrected chi connectivity index (χ2v) is 12.8. The number of hydrogen-bond donors (Lipinski definition) is 1. The Kier molecular flexibility index (Phi) is 5.32. The Balaban J connectivity index is 1.32. The van der Waals surface area contributed by atoms with E-state index in [1.165, 1.54) is 57.8 Å². The van der Waals surface area contributed by atoms with Crippen LogP contribution in [0.25, 0.3) is 0 Å². The minimum atomic E-state index is 0.126. The largest absolute Gasteiger partial charge is 0.411 e. The highest BCUT2D eigenvalue weighted by Gasteiger charge is 2.69. The van der Waals surface area contributed by atoms with E-state index in [-0.39, 0.29) is 6.10 Å². The summed E-state index contributed by atoms with van der Waals surface area (Å²) in [4.78, 5) is 0. The van der Waals surface area contributed by atoms with E-state index in [1.54, 1.807) is 0 Å². The zero-order valence-electron chi connectivity index (χ0n) is 20.1. The van der Waals surface area contributed by atoms with Crippen LogP contribution in [0.3, 0.4) is 0 Å². The van der Waals surface area contributed by atoms with Crippen LogP contribution in [0.2, 0.25) is 0 Å². The molecule has 0 aromatic heterocycles. The molecule has 0 radical (unpaired) electrons. The van der Waals surface area contributed by atoms with Gasteiger partial charge in [0.05, 0.1) is 11.8 Å². The Labute approximate surface area is 184 Å². The quantitative estimate of drug-likeness (QED) is 0.301. The summed E-state index contributed by atoms with van der Waals surface area (Å²) in [6, 6.07) is 0. The molecule has 5 fully saturated rings. The molecule has 0 aromatic rings. The van der Waals surface area contributed by atoms with Gasteiger partial charge in [-0.15, -0.1) is 0 Å². The molecular formula is C27H45NO2. The van der Waals surface area contributed by atoms with Gasteiger partial charge in [-0.25, -0.2) is 0 Å². The van der Waals surface area contributed by atoms with E-state index in [9.17, 15) is 5.21 Å². The predicted molar refractivity (Wildman–Crippen MR) is 122 cm³/mol. The van der Waals surface area contributed by atoms with Gasteiger partial charge in [-0.1, -0.05) is 59.0 Å². The first-order valence-corrected chi connectivity index (χ1v) is 13.2. The topological polar surface area (TPSA) is 45.1 Å². The predicted octanol–water partition coefficient (Wildman–Crippen LogP) is 6.93. The third-order valence-electron chi connectivity index (χ3n) is 11.2. The van der Waals surface area contributed by atoms with Gasteiger partial charge in [-0.3, -0.25) is 0 Å². The number of rotatable bonds is 5. The molecule has 170 valence electrons. The lowest BCUT2D eigenvalue weighted by atomic mass is 9.44. The van der Waals surface area contributed by atoms with Crippen molar-refractivity contribution in [1.29, 1.82) is 0 Å². The van der Waals surface area contributed by atoms with E-state index >= 15 is 0 Å². The molecule has 1 aliphatic heterocycles. The number of nitrogens with zero attached hydrogens (tertiary/aromatic N) is 1. The molecule has 4 saturated carbocycles. The lowest BCUT2D eigenvalue weighted by Crippen LogP contribution is -2.56. The van der Waals surface area contributed by atoms with Gasteiger partial charge in [0.15, 0.2) is 0 Å². The molecule has 4 aliphatic carbocycles. The fourth-order valence-corrected chi connectivity index (χ4v) is 9.56. The molecule has 0 aromatic carbocycles. The summed E-state index contributed by atoms with van der Waals surface area (Å²) in [5.74, 6) is 5.97. The zero-order chi connectivity index (χ0) is 21.3. The molecule has 5 rings (SSSR count). The maximum absolute atomic E-state index is 9.43. The van der Waals surface area contributed by atoms with Crippen LogP contribution in [0.5, 0.6) is 0 Å².